The van der Waals surface area contributed by atoms with Gasteiger partial charge in [-0.25, -0.2) is 4.98 Å². The van der Waals surface area contributed by atoms with Crippen LogP contribution in [0.2, 0.25) is 0 Å². The molecule has 4 heteroatoms. The molecule has 0 radical (unpaired) electrons. The maximum absolute atomic E-state index is 5.79. The molecule has 1 heterocycles. The van der Waals surface area contributed by atoms with E-state index in [4.69, 9.17) is 5.73 Å². The molecular formula is C14H16BrN3. The van der Waals surface area contributed by atoms with E-state index in [0.717, 1.165) is 27.1 Å². The second-order valence-corrected chi connectivity index (χ2v) is 5.23. The van der Waals surface area contributed by atoms with E-state index in [1.54, 1.807) is 0 Å². The number of halogens is 1. The number of rotatable bonds is 3. The van der Waals surface area contributed by atoms with Gasteiger partial charge in [0.15, 0.2) is 0 Å². The summed E-state index contributed by atoms with van der Waals surface area (Å²) in [6.45, 7) is 4.10. The molecule has 0 amide bonds. The highest BCUT2D eigenvalue weighted by atomic mass is 79.9. The molecule has 3 N–H and O–H groups in total. The fraction of sp³-hybridized carbons (Fsp3) is 0.214. The minimum Gasteiger partial charge on any atom is -0.399 e. The molecular weight excluding hydrogens is 290 g/mol. The lowest BCUT2D eigenvalue weighted by Crippen LogP contribution is -2.08. The smallest absolute Gasteiger partial charge is 0.140 e. The fourth-order valence-electron chi connectivity index (χ4n) is 1.76. The highest BCUT2D eigenvalue weighted by Crippen LogP contribution is 2.25. The maximum atomic E-state index is 5.79. The Morgan fingerprint density at radius 2 is 2.11 bits per heavy atom. The quantitative estimate of drug-likeness (QED) is 0.845. The SMILES string of the molecule is Cc1cnc(NC(C)c2cccc(N)c2)c(Br)c1. The molecule has 1 unspecified atom stereocenters. The summed E-state index contributed by atoms with van der Waals surface area (Å²) in [6.07, 6.45) is 1.85. The number of nitrogens with zero attached hydrogens (tertiary/aromatic N) is 1. The third-order valence-corrected chi connectivity index (χ3v) is 3.35. The van der Waals surface area contributed by atoms with Crippen molar-refractivity contribution in [2.24, 2.45) is 0 Å². The van der Waals surface area contributed by atoms with Crippen molar-refractivity contribution in [1.29, 1.82) is 0 Å². The number of anilines is 2. The second-order valence-electron chi connectivity index (χ2n) is 4.38. The average molecular weight is 306 g/mol. The molecule has 2 aromatic rings. The molecule has 0 fully saturated rings. The van der Waals surface area contributed by atoms with Gasteiger partial charge in [-0.2, -0.15) is 0 Å². The molecule has 0 bridgehead atoms. The first kappa shape index (κ1) is 12.9. The lowest BCUT2D eigenvalue weighted by molar-refractivity contribution is 0.873. The summed E-state index contributed by atoms with van der Waals surface area (Å²) in [7, 11) is 0. The number of benzene rings is 1. The van der Waals surface area contributed by atoms with Gasteiger partial charge in [-0.05, 0) is 59.1 Å². The lowest BCUT2D eigenvalue weighted by atomic mass is 10.1. The molecule has 94 valence electrons. The number of hydrogen-bond donors (Lipinski definition) is 2. The first-order chi connectivity index (χ1) is 8.56. The van der Waals surface area contributed by atoms with E-state index in [9.17, 15) is 0 Å². The summed E-state index contributed by atoms with van der Waals surface area (Å²) in [5.41, 5.74) is 8.83. The summed E-state index contributed by atoms with van der Waals surface area (Å²) in [5, 5.41) is 3.37. The Bertz CT molecular complexity index is 554. The number of aromatic nitrogens is 1. The van der Waals surface area contributed by atoms with E-state index in [1.165, 1.54) is 0 Å². The number of aryl methyl sites for hydroxylation is 1. The molecule has 2 rings (SSSR count). The van der Waals surface area contributed by atoms with E-state index in [2.05, 4.69) is 39.2 Å². The van der Waals surface area contributed by atoms with Gasteiger partial charge in [0.05, 0.1) is 10.5 Å². The third-order valence-electron chi connectivity index (χ3n) is 2.74. The number of nitrogens with two attached hydrogens (primary N) is 1. The van der Waals surface area contributed by atoms with Gasteiger partial charge in [0, 0.05) is 11.9 Å². The Kier molecular flexibility index (Phi) is 3.87. The molecule has 0 saturated carbocycles. The van der Waals surface area contributed by atoms with Crippen LogP contribution in [0.4, 0.5) is 11.5 Å². The van der Waals surface area contributed by atoms with Crippen molar-refractivity contribution in [1.82, 2.24) is 4.98 Å². The zero-order valence-corrected chi connectivity index (χ0v) is 12.0. The maximum Gasteiger partial charge on any atom is 0.140 e. The van der Waals surface area contributed by atoms with Crippen molar-refractivity contribution >= 4 is 27.4 Å². The summed E-state index contributed by atoms with van der Waals surface area (Å²) in [5.74, 6) is 0.843. The Hall–Kier alpha value is -1.55. The van der Waals surface area contributed by atoms with Crippen LogP contribution in [-0.4, -0.2) is 4.98 Å². The van der Waals surface area contributed by atoms with Crippen molar-refractivity contribution in [3.8, 4) is 0 Å². The minimum absolute atomic E-state index is 0.153. The molecule has 1 atom stereocenters. The molecule has 0 saturated heterocycles. The predicted octanol–water partition coefficient (Wildman–Crippen LogP) is 3.91. The summed E-state index contributed by atoms with van der Waals surface area (Å²) >= 11 is 3.51. The van der Waals surface area contributed by atoms with Crippen molar-refractivity contribution in [3.05, 3.63) is 52.1 Å². The van der Waals surface area contributed by atoms with E-state index >= 15 is 0 Å². The zero-order valence-electron chi connectivity index (χ0n) is 10.4. The van der Waals surface area contributed by atoms with E-state index < -0.39 is 0 Å². The van der Waals surface area contributed by atoms with Crippen molar-refractivity contribution in [2.45, 2.75) is 19.9 Å². The summed E-state index contributed by atoms with van der Waals surface area (Å²) in [6, 6.07) is 10.1. The molecule has 0 aliphatic heterocycles. The van der Waals surface area contributed by atoms with Gasteiger partial charge in [0.25, 0.3) is 0 Å². The Morgan fingerprint density at radius 1 is 1.33 bits per heavy atom. The number of hydrogen-bond acceptors (Lipinski definition) is 3. The molecule has 1 aromatic carbocycles. The highest BCUT2D eigenvalue weighted by Gasteiger charge is 2.08. The first-order valence-electron chi connectivity index (χ1n) is 5.80. The van der Waals surface area contributed by atoms with Gasteiger partial charge in [-0.3, -0.25) is 0 Å². The van der Waals surface area contributed by atoms with Crippen molar-refractivity contribution in [3.63, 3.8) is 0 Å². The van der Waals surface area contributed by atoms with Gasteiger partial charge in [-0.1, -0.05) is 12.1 Å². The molecule has 0 spiro atoms. The number of nitrogens with one attached hydrogen (secondary N) is 1. The van der Waals surface area contributed by atoms with Crippen LogP contribution in [0.1, 0.15) is 24.1 Å². The number of pyridine rings is 1. The topological polar surface area (TPSA) is 50.9 Å². The molecule has 0 aliphatic carbocycles. The zero-order chi connectivity index (χ0) is 13.1. The van der Waals surface area contributed by atoms with E-state index in [-0.39, 0.29) is 6.04 Å². The minimum atomic E-state index is 0.153. The normalized spacial score (nSPS) is 12.2. The van der Waals surface area contributed by atoms with Gasteiger partial charge in [0.2, 0.25) is 0 Å². The molecule has 1 aromatic heterocycles. The Morgan fingerprint density at radius 3 is 2.78 bits per heavy atom. The van der Waals surface area contributed by atoms with Crippen LogP contribution >= 0.6 is 15.9 Å². The predicted molar refractivity (Wildman–Crippen MR) is 79.6 cm³/mol. The van der Waals surface area contributed by atoms with Crippen LogP contribution in [0.3, 0.4) is 0 Å². The van der Waals surface area contributed by atoms with Crippen molar-refractivity contribution in [2.75, 3.05) is 11.1 Å². The number of nitrogen functional groups attached to an aromatic ring is 1. The van der Waals surface area contributed by atoms with E-state index in [0.29, 0.717) is 0 Å². The van der Waals surface area contributed by atoms with Crippen LogP contribution in [0.15, 0.2) is 41.0 Å². The highest BCUT2D eigenvalue weighted by molar-refractivity contribution is 9.10. The third kappa shape index (κ3) is 3.01. The first-order valence-corrected chi connectivity index (χ1v) is 6.59. The fourth-order valence-corrected chi connectivity index (χ4v) is 2.33. The van der Waals surface area contributed by atoms with Gasteiger partial charge >= 0.3 is 0 Å². The monoisotopic (exact) mass is 305 g/mol. The van der Waals surface area contributed by atoms with Crippen LogP contribution in [-0.2, 0) is 0 Å². The van der Waals surface area contributed by atoms with Crippen LogP contribution in [0.5, 0.6) is 0 Å². The second kappa shape index (κ2) is 5.40. The van der Waals surface area contributed by atoms with E-state index in [1.807, 2.05) is 37.4 Å². The molecule has 18 heavy (non-hydrogen) atoms. The Balaban J connectivity index is 2.18. The summed E-state index contributed by atoms with van der Waals surface area (Å²) in [4.78, 5) is 4.38. The molecule has 0 aliphatic rings. The van der Waals surface area contributed by atoms with Crippen LogP contribution < -0.4 is 11.1 Å². The van der Waals surface area contributed by atoms with Gasteiger partial charge in [-0.15, -0.1) is 0 Å². The van der Waals surface area contributed by atoms with Crippen molar-refractivity contribution < 1.29 is 0 Å². The van der Waals surface area contributed by atoms with Gasteiger partial charge < -0.3 is 11.1 Å². The Labute approximate surface area is 116 Å². The molecule has 3 nitrogen and oxygen atoms in total. The lowest BCUT2D eigenvalue weighted by Gasteiger charge is -2.16. The van der Waals surface area contributed by atoms with Crippen LogP contribution in [0.25, 0.3) is 0 Å². The van der Waals surface area contributed by atoms with Gasteiger partial charge in [0.1, 0.15) is 5.82 Å². The standard InChI is InChI=1S/C14H16BrN3/c1-9-6-13(15)14(17-8-9)18-10(2)11-4-3-5-12(16)7-11/h3-8,10H,16H2,1-2H3,(H,17,18). The average Bonchev–Trinajstić information content (AvgIpc) is 2.32. The largest absolute Gasteiger partial charge is 0.399 e. The summed E-state index contributed by atoms with van der Waals surface area (Å²) < 4.78 is 0.971. The van der Waals surface area contributed by atoms with Crippen LogP contribution in [0, 0.1) is 6.92 Å².